The number of nitrogens with one attached hydrogen (secondary N) is 1. The van der Waals surface area contributed by atoms with Crippen molar-refractivity contribution in [3.63, 3.8) is 0 Å². The third-order valence-corrected chi connectivity index (χ3v) is 4.43. The molecule has 1 aromatic carbocycles. The number of hydrogen-bond donors (Lipinski definition) is 1. The average Bonchev–Trinajstić information content (AvgIpc) is 3.22. The molecule has 3 unspecified atom stereocenters. The minimum Gasteiger partial charge on any atom is -0.283 e. The summed E-state index contributed by atoms with van der Waals surface area (Å²) in [5, 5.41) is 2.67. The van der Waals surface area contributed by atoms with Crippen LogP contribution in [0.5, 0.6) is 0 Å². The molecule has 3 heteroatoms. The summed E-state index contributed by atoms with van der Waals surface area (Å²) in [5.74, 6) is 0.000676. The van der Waals surface area contributed by atoms with E-state index in [0.717, 1.165) is 24.0 Å². The van der Waals surface area contributed by atoms with E-state index in [1.54, 1.807) is 12.1 Å². The zero-order valence-corrected chi connectivity index (χ0v) is 9.47. The number of hydrogen-bond acceptors (Lipinski definition) is 1. The van der Waals surface area contributed by atoms with Gasteiger partial charge in [0, 0.05) is 23.4 Å². The number of alkyl halides is 2. The first kappa shape index (κ1) is 9.03. The molecule has 0 bridgehead atoms. The normalized spacial score (nSPS) is 41.9. The third kappa shape index (κ3) is 1.38. The Hall–Kier alpha value is -0.960. The Labute approximate surface area is 101 Å². The summed E-state index contributed by atoms with van der Waals surface area (Å²) in [6, 6.07) is 5.42. The van der Waals surface area contributed by atoms with Gasteiger partial charge < -0.3 is 0 Å². The van der Waals surface area contributed by atoms with E-state index in [4.69, 9.17) is 1.37 Å². The lowest BCUT2D eigenvalue weighted by Gasteiger charge is -2.29. The highest BCUT2D eigenvalue weighted by Gasteiger charge is 2.49. The standard InChI is InChI=1S/C14H15F2N/c15-12-6-10(12)8-1-2-9-11(5-8)14(3-4-14)7-17-13(9)16/h1-2,5,10,12-13,17H,3-4,6-7H2/i13D. The van der Waals surface area contributed by atoms with Gasteiger partial charge in [0.25, 0.3) is 0 Å². The molecule has 17 heavy (non-hydrogen) atoms. The van der Waals surface area contributed by atoms with Crippen molar-refractivity contribution in [3.05, 3.63) is 34.9 Å². The van der Waals surface area contributed by atoms with E-state index in [1.165, 1.54) is 0 Å². The summed E-state index contributed by atoms with van der Waals surface area (Å²) < 4.78 is 35.0. The quantitative estimate of drug-likeness (QED) is 0.739. The number of benzene rings is 1. The van der Waals surface area contributed by atoms with E-state index in [9.17, 15) is 8.78 Å². The molecular weight excluding hydrogens is 220 g/mol. The van der Waals surface area contributed by atoms with Gasteiger partial charge in [-0.2, -0.15) is 0 Å². The molecule has 1 nitrogen and oxygen atoms in total. The first-order valence-electron chi connectivity index (χ1n) is 6.75. The van der Waals surface area contributed by atoms with Crippen molar-refractivity contribution in [2.45, 2.75) is 43.0 Å². The molecular formula is C14H15F2N. The second-order valence-corrected chi connectivity index (χ2v) is 5.61. The molecule has 0 radical (unpaired) electrons. The smallest absolute Gasteiger partial charge is 0.177 e. The van der Waals surface area contributed by atoms with Crippen LogP contribution < -0.4 is 5.32 Å². The van der Waals surface area contributed by atoms with Gasteiger partial charge in [-0.05, 0) is 30.4 Å². The van der Waals surface area contributed by atoms with Crippen LogP contribution >= 0.6 is 0 Å². The van der Waals surface area contributed by atoms with Gasteiger partial charge in [-0.15, -0.1) is 0 Å². The highest BCUT2D eigenvalue weighted by Crippen LogP contribution is 2.54. The summed E-state index contributed by atoms with van der Waals surface area (Å²) in [5.41, 5.74) is 2.36. The van der Waals surface area contributed by atoms with Crippen LogP contribution in [-0.4, -0.2) is 12.7 Å². The molecule has 2 fully saturated rings. The maximum atomic E-state index is 14.1. The topological polar surface area (TPSA) is 12.0 Å². The van der Waals surface area contributed by atoms with E-state index in [-0.39, 0.29) is 11.3 Å². The molecule has 3 atom stereocenters. The molecule has 0 saturated heterocycles. The Balaban J connectivity index is 1.83. The van der Waals surface area contributed by atoms with E-state index in [1.807, 2.05) is 6.07 Å². The van der Waals surface area contributed by atoms with Crippen LogP contribution in [0.25, 0.3) is 0 Å². The molecule has 1 aliphatic heterocycles. The molecule has 0 amide bonds. The van der Waals surface area contributed by atoms with Gasteiger partial charge >= 0.3 is 0 Å². The molecule has 2 aliphatic carbocycles. The van der Waals surface area contributed by atoms with Crippen LogP contribution in [0, 0.1) is 0 Å². The Morgan fingerprint density at radius 2 is 2.12 bits per heavy atom. The molecule has 1 heterocycles. The Morgan fingerprint density at radius 3 is 2.76 bits per heavy atom. The summed E-state index contributed by atoms with van der Waals surface area (Å²) in [6.07, 6.45) is -0.260. The van der Waals surface area contributed by atoms with Crippen LogP contribution in [0.2, 0.25) is 0 Å². The van der Waals surface area contributed by atoms with Crippen LogP contribution in [0.15, 0.2) is 18.2 Å². The Morgan fingerprint density at radius 1 is 1.35 bits per heavy atom. The van der Waals surface area contributed by atoms with E-state index in [0.29, 0.717) is 18.5 Å². The lowest BCUT2D eigenvalue weighted by molar-refractivity contribution is 0.251. The molecule has 4 rings (SSSR count). The summed E-state index contributed by atoms with van der Waals surface area (Å²) in [7, 11) is 0. The zero-order valence-electron chi connectivity index (χ0n) is 10.5. The number of rotatable bonds is 1. The predicted molar refractivity (Wildman–Crippen MR) is 61.5 cm³/mol. The van der Waals surface area contributed by atoms with Gasteiger partial charge in [0.2, 0.25) is 0 Å². The SMILES string of the molecule is [2H]C1(F)NCC2(CC2)c2cc(C3CC3F)ccc21. The maximum absolute atomic E-state index is 14.1. The Kier molecular flexibility index (Phi) is 1.64. The van der Waals surface area contributed by atoms with Crippen LogP contribution in [0.1, 0.15) is 49.5 Å². The third-order valence-electron chi connectivity index (χ3n) is 4.43. The fourth-order valence-electron chi connectivity index (χ4n) is 2.97. The van der Waals surface area contributed by atoms with Gasteiger partial charge in [0.05, 0.1) is 1.37 Å². The zero-order chi connectivity index (χ0) is 12.5. The van der Waals surface area contributed by atoms with Gasteiger partial charge in [-0.25, -0.2) is 8.78 Å². The summed E-state index contributed by atoms with van der Waals surface area (Å²) in [6.45, 7) is 0.521. The minimum atomic E-state index is -2.19. The molecule has 1 N–H and O–H groups in total. The fraction of sp³-hybridized carbons (Fsp3) is 0.571. The molecule has 90 valence electrons. The van der Waals surface area contributed by atoms with Crippen molar-refractivity contribution in [1.29, 1.82) is 0 Å². The van der Waals surface area contributed by atoms with Gasteiger partial charge in [0.15, 0.2) is 6.27 Å². The first-order valence-corrected chi connectivity index (χ1v) is 6.25. The van der Waals surface area contributed by atoms with Crippen LogP contribution in [0.3, 0.4) is 0 Å². The van der Waals surface area contributed by atoms with Gasteiger partial charge in [-0.3, -0.25) is 5.32 Å². The monoisotopic (exact) mass is 236 g/mol. The van der Waals surface area contributed by atoms with Crippen molar-refractivity contribution in [2.75, 3.05) is 6.54 Å². The molecule has 1 spiro atoms. The minimum absolute atomic E-state index is 0.000676. The van der Waals surface area contributed by atoms with Gasteiger partial charge in [0.1, 0.15) is 6.17 Å². The second-order valence-electron chi connectivity index (χ2n) is 5.61. The van der Waals surface area contributed by atoms with Crippen molar-refractivity contribution in [2.24, 2.45) is 0 Å². The van der Waals surface area contributed by atoms with E-state index < -0.39 is 12.4 Å². The lowest BCUT2D eigenvalue weighted by Crippen LogP contribution is -2.35. The maximum Gasteiger partial charge on any atom is 0.177 e. The fourth-order valence-corrected chi connectivity index (χ4v) is 2.97. The summed E-state index contributed by atoms with van der Waals surface area (Å²) in [4.78, 5) is 0. The first-order chi connectivity index (χ1) is 8.52. The molecule has 0 aromatic heterocycles. The van der Waals surface area contributed by atoms with E-state index >= 15 is 0 Å². The van der Waals surface area contributed by atoms with Crippen molar-refractivity contribution >= 4 is 0 Å². The number of halogens is 2. The molecule has 3 aliphatic rings. The number of fused-ring (bicyclic) bond motifs is 2. The van der Waals surface area contributed by atoms with Crippen molar-refractivity contribution in [1.82, 2.24) is 5.32 Å². The van der Waals surface area contributed by atoms with Crippen LogP contribution in [-0.2, 0) is 5.41 Å². The van der Waals surface area contributed by atoms with Crippen molar-refractivity contribution < 1.29 is 10.2 Å². The second kappa shape index (κ2) is 3.08. The predicted octanol–water partition coefficient (Wildman–Crippen LogP) is 3.11. The van der Waals surface area contributed by atoms with Gasteiger partial charge in [-0.1, -0.05) is 18.2 Å². The average molecular weight is 236 g/mol. The summed E-state index contributed by atoms with van der Waals surface area (Å²) >= 11 is 0. The van der Waals surface area contributed by atoms with E-state index in [2.05, 4.69) is 5.32 Å². The largest absolute Gasteiger partial charge is 0.283 e. The Bertz CT molecular complexity index is 525. The van der Waals surface area contributed by atoms with Crippen LogP contribution in [0.4, 0.5) is 8.78 Å². The highest BCUT2D eigenvalue weighted by molar-refractivity contribution is 5.46. The van der Waals surface area contributed by atoms with Crippen molar-refractivity contribution in [3.8, 4) is 0 Å². The molecule has 1 aromatic rings. The molecule has 2 saturated carbocycles. The highest BCUT2D eigenvalue weighted by atomic mass is 19.1. The lowest BCUT2D eigenvalue weighted by atomic mass is 9.85.